The Morgan fingerprint density at radius 3 is 1.38 bits per heavy atom. The Balaban J connectivity index is 0.000000170. The van der Waals surface area contributed by atoms with Crippen LogP contribution in [0.3, 0.4) is 0 Å². The first-order valence-electron chi connectivity index (χ1n) is 53.3. The molecule has 0 saturated carbocycles. The number of anilines is 2. The molecule has 0 fully saturated rings. The van der Waals surface area contributed by atoms with Crippen molar-refractivity contribution in [2.45, 2.75) is 212 Å². The number of unbranched alkanes of at least 4 members (excludes halogenated alkanes) is 2. The zero-order chi connectivity index (χ0) is 106. The molecule has 0 saturated heterocycles. The Bertz CT molecular complexity index is 6800. The second-order valence-corrected chi connectivity index (χ2v) is 40.0. The third-order valence-electron chi connectivity index (χ3n) is 28.5. The van der Waals surface area contributed by atoms with Crippen molar-refractivity contribution < 1.29 is 121 Å². The summed E-state index contributed by atoms with van der Waals surface area (Å²) >= 11 is 0. The number of aryl methyl sites for hydroxylation is 4. The number of hydrogen-bond donors (Lipinski definition) is 7. The SMILES string of the molecule is CC(C)(C)OC(=O)NCCOCCOCCCC[C@H](O)COc1cccc2ccccc12.O=C(NCCOCCOCCCC[C@H](O)COc1cccc2ccccc12)c1ccc(C(=O)O)c(C2=c3cc4c5c(c3Oc3c2cc2c6c3CCCN6CCCC2)CCC[N+]=5CCCC4)c1.O=C(O)C(F)(F)F.O=C(O)c1cccc(C2=c3cc4c5c(c3Oc3c2cc2c6c3CCCN6CCCC2)CCC[N+]=5CCCC4)c1.O=C=O.[2H]CF. The number of aliphatic carboxylic acids is 1. The highest BCUT2D eigenvalue weighted by atomic mass is 19.4. The van der Waals surface area contributed by atoms with Crippen LogP contribution in [0.4, 0.5) is 33.7 Å². The van der Waals surface area contributed by atoms with Gasteiger partial charge < -0.3 is 88.6 Å². The number of ether oxygens (including phenoxy) is 9. The van der Waals surface area contributed by atoms with E-state index in [1.165, 1.54) is 92.3 Å². The van der Waals surface area contributed by atoms with Crippen LogP contribution in [0.15, 0.2) is 152 Å². The number of amides is 2. The van der Waals surface area contributed by atoms with Gasteiger partial charge in [-0.2, -0.15) is 22.8 Å². The lowest BCUT2D eigenvalue weighted by Crippen LogP contribution is -2.41. The fraction of sp³-hybridized carbons (Fsp3) is 0.458. The summed E-state index contributed by atoms with van der Waals surface area (Å²) in [6, 6.07) is 49.9. The molecule has 7 N–H and O–H groups in total. The molecule has 2 atom stereocenters. The maximum absolute atomic E-state index is 13.8. The summed E-state index contributed by atoms with van der Waals surface area (Å²) in [6.07, 6.45) is 20.1. The van der Waals surface area contributed by atoms with E-state index in [2.05, 4.69) is 59.9 Å². The van der Waals surface area contributed by atoms with Crippen LogP contribution in [-0.2, 0) is 89.4 Å². The summed E-state index contributed by atoms with van der Waals surface area (Å²) in [6.45, 7) is 19.0. The first-order valence-corrected chi connectivity index (χ1v) is 52.6. The molecular formula is C118H138F4N6O21+2. The molecule has 10 aromatic rings. The van der Waals surface area contributed by atoms with Crippen LogP contribution >= 0.6 is 0 Å². The molecule has 27 nitrogen and oxygen atoms in total. The number of benzene rings is 10. The van der Waals surface area contributed by atoms with Crippen molar-refractivity contribution in [1.82, 2.24) is 19.8 Å². The quantitative estimate of drug-likeness (QED) is 0.0114. The van der Waals surface area contributed by atoms with E-state index in [-0.39, 0.29) is 30.8 Å². The molecule has 10 aliphatic rings. The fourth-order valence-electron chi connectivity index (χ4n) is 22.0. The predicted octanol–water partition coefficient (Wildman–Crippen LogP) is 16.7. The minimum atomic E-state index is -5.08. The third-order valence-corrected chi connectivity index (χ3v) is 28.5. The average molecular weight is 2050 g/mol. The van der Waals surface area contributed by atoms with E-state index in [1.54, 1.807) is 24.3 Å². The molecule has 792 valence electrons. The van der Waals surface area contributed by atoms with Gasteiger partial charge in [-0.3, -0.25) is 9.18 Å². The van der Waals surface area contributed by atoms with Crippen LogP contribution in [0, 0.1) is 0 Å². The molecule has 2 amide bonds. The van der Waals surface area contributed by atoms with E-state index in [0.717, 1.165) is 275 Å². The van der Waals surface area contributed by atoms with Gasteiger partial charge in [0.15, 0.2) is 0 Å². The van der Waals surface area contributed by atoms with Gasteiger partial charge in [0.2, 0.25) is 10.7 Å². The number of alkyl halides is 4. The monoisotopic (exact) mass is 2050 g/mol. The Morgan fingerprint density at radius 1 is 0.456 bits per heavy atom. The second kappa shape index (κ2) is 52.8. The topological polar surface area (TPSA) is 340 Å². The number of fused-ring (bicyclic) bond motifs is 10. The second-order valence-electron chi connectivity index (χ2n) is 40.0. The van der Waals surface area contributed by atoms with Gasteiger partial charge >= 0.3 is 36.3 Å². The van der Waals surface area contributed by atoms with Gasteiger partial charge in [0.05, 0.1) is 82.6 Å². The van der Waals surface area contributed by atoms with Gasteiger partial charge in [-0.1, -0.05) is 84.9 Å². The van der Waals surface area contributed by atoms with Crippen molar-refractivity contribution >= 4 is 80.1 Å². The van der Waals surface area contributed by atoms with Crippen molar-refractivity contribution in [1.29, 1.82) is 0 Å². The Hall–Kier alpha value is -13.1. The molecule has 0 spiro atoms. The van der Waals surface area contributed by atoms with E-state index in [4.69, 9.17) is 63.5 Å². The van der Waals surface area contributed by atoms with E-state index in [0.29, 0.717) is 95.5 Å². The number of halogens is 4. The lowest BCUT2D eigenvalue weighted by atomic mass is 9.82. The van der Waals surface area contributed by atoms with Crippen molar-refractivity contribution in [3.8, 4) is 34.5 Å². The van der Waals surface area contributed by atoms with Crippen LogP contribution < -0.4 is 69.7 Å². The van der Waals surface area contributed by atoms with Crippen molar-refractivity contribution in [3.63, 3.8) is 0 Å². The number of aliphatic hydroxyl groups is 2. The summed E-state index contributed by atoms with van der Waals surface area (Å²) in [4.78, 5) is 80.8. The van der Waals surface area contributed by atoms with E-state index in [1.807, 2.05) is 118 Å². The molecule has 10 heterocycles. The van der Waals surface area contributed by atoms with Crippen LogP contribution in [0.5, 0.6) is 34.5 Å². The van der Waals surface area contributed by atoms with Gasteiger partial charge in [0, 0.05) is 161 Å². The first-order chi connectivity index (χ1) is 72.7. The van der Waals surface area contributed by atoms with E-state index < -0.39 is 55.1 Å². The fourth-order valence-corrected chi connectivity index (χ4v) is 22.0. The number of rotatable bonds is 33. The summed E-state index contributed by atoms with van der Waals surface area (Å²) < 4.78 is 106. The molecule has 0 radical (unpaired) electrons. The largest absolute Gasteiger partial charge is 0.490 e. The van der Waals surface area contributed by atoms with Crippen LogP contribution in [0.25, 0.3) is 32.7 Å². The molecule has 0 unspecified atom stereocenters. The number of aromatic carboxylic acids is 2. The smallest absolute Gasteiger partial charge is 0.490 e. The third kappa shape index (κ3) is 27.8. The number of carbonyl (C=O) groups is 5. The van der Waals surface area contributed by atoms with Crippen molar-refractivity contribution in [2.24, 2.45) is 0 Å². The highest BCUT2D eigenvalue weighted by Gasteiger charge is 2.41. The number of nitrogens with zero attached hydrogens (tertiary/aromatic N) is 4. The maximum atomic E-state index is 13.8. The normalized spacial score (nSPS) is 15.7. The molecular weight excluding hydrogens is 1910 g/mol. The van der Waals surface area contributed by atoms with E-state index >= 15 is 0 Å². The zero-order valence-corrected chi connectivity index (χ0v) is 85.4. The highest BCUT2D eigenvalue weighted by Crippen LogP contribution is 2.51. The molecule has 20 rings (SSSR count). The standard InChI is InChI=1S/C55H61N3O8.C34H34N2O3.C25H37NO6.C2HF3O2.CH3F.CO2/c59-40(35-65-48-20-9-15-36-12-1-2-17-41(36)48)16-5-8-28-63-30-31-64-29-23-56-54(60)39-21-22-42(55(61)62)45(34-39)49-46-32-37-13-3-6-24-57-26-10-18-43(50(37)57)52(46)66-53-44-19-11-27-58-25-7-4-14-38(51(44)58)33-47(49)53;37-34(38)24-11-5-10-21(18-24)29-27-19-22-8-1-3-14-35-16-6-12-25(30(22)35)32(27)39-33-26-13-7-17-36-15-4-2-9-23(31(26)36)20-28(29)33;1-25(2,3)32-24(28)26-14-16-30-18-17-29-15-7-6-11-21(27)19-31-23-13-8-10-20-9-4-5-12-22(20)23;3-2(4,5)1(6)7;1-2;2-1-3/h1-2,9,12,15,17,20-22,32-34,40,59H,3-8,10-11,13-14,16,18-19,23-31,35H2,(H-,56,60,61,62);5,10-11,18-20H,1-4,6-9,12-17H2;4-5,8-10,12-13,21,27H,6-7,11,14-19H2,1-3H3,(H,26,28);(H,6,7);1H3;/p+2/t40-;;21-;;;/m0.0.../s1/i;;;;1D;. The van der Waals surface area contributed by atoms with Crippen LogP contribution in [0.2, 0.25) is 0 Å². The predicted molar refractivity (Wildman–Crippen MR) is 560 cm³/mol. The van der Waals surface area contributed by atoms with Gasteiger partial charge in [-0.15, -0.1) is 0 Å². The van der Waals surface area contributed by atoms with Crippen molar-refractivity contribution in [3.05, 3.63) is 256 Å². The Morgan fingerprint density at radius 2 is 0.893 bits per heavy atom. The lowest BCUT2D eigenvalue weighted by Gasteiger charge is -2.35. The summed E-state index contributed by atoms with van der Waals surface area (Å²) in [5.74, 6) is 0.373. The van der Waals surface area contributed by atoms with E-state index in [9.17, 15) is 57.2 Å². The summed E-state index contributed by atoms with van der Waals surface area (Å²) in [7, 11) is -1.00. The molecule has 10 aromatic carbocycles. The molecule has 0 bridgehead atoms. The van der Waals surface area contributed by atoms with Crippen LogP contribution in [0.1, 0.15) is 236 Å². The number of carboxylic acids is 3. The van der Waals surface area contributed by atoms with Gasteiger partial charge in [0.1, 0.15) is 79.5 Å². The van der Waals surface area contributed by atoms with Crippen molar-refractivity contribution in [2.75, 3.05) is 148 Å². The number of hydrogen-bond acceptors (Lipinski definition) is 20. The number of carboxylic acid groups (broad SMARTS) is 3. The van der Waals surface area contributed by atoms with Gasteiger partial charge in [-0.05, 0) is 262 Å². The summed E-state index contributed by atoms with van der Waals surface area (Å²) in [5.41, 5.74) is 19.4. The number of nitrogens with one attached hydrogen (secondary N) is 2. The number of carbonyl (C=O) groups excluding carboxylic acids is 4. The number of aliphatic hydroxyl groups excluding tert-OH is 2. The average Bonchev–Trinajstić information content (AvgIpc) is 0.982. The van der Waals surface area contributed by atoms with Gasteiger partial charge in [-0.25, -0.2) is 28.3 Å². The first kappa shape index (κ1) is 109. The number of alkyl carbamates (subject to hydrolysis) is 1. The molecule has 0 aromatic heterocycles. The maximum Gasteiger partial charge on any atom is 0.490 e. The molecule has 0 aliphatic carbocycles. The molecule has 10 aliphatic heterocycles. The zero-order valence-electron chi connectivity index (χ0n) is 86.4. The Kier molecular flexibility index (Phi) is 38.5. The molecule has 149 heavy (non-hydrogen) atoms. The van der Waals surface area contributed by atoms with Crippen LogP contribution in [-0.4, -0.2) is 224 Å². The molecule has 31 heteroatoms. The lowest BCUT2D eigenvalue weighted by molar-refractivity contribution is -0.193. The minimum Gasteiger partial charge on any atom is -0.490 e. The summed E-state index contributed by atoms with van der Waals surface area (Å²) in [5, 5.41) is 63.2. The van der Waals surface area contributed by atoms with Gasteiger partial charge in [0.25, 0.3) is 5.91 Å². The Labute approximate surface area is 866 Å². The minimum absolute atomic E-state index is 0.168. The highest BCUT2D eigenvalue weighted by molar-refractivity contribution is 6.03.